The first-order valence-corrected chi connectivity index (χ1v) is 4.84. The van der Waals surface area contributed by atoms with Crippen molar-refractivity contribution in [2.24, 2.45) is 0 Å². The molecule has 1 aliphatic heterocycles. The van der Waals surface area contributed by atoms with E-state index in [9.17, 15) is 9.59 Å². The van der Waals surface area contributed by atoms with E-state index < -0.39 is 10.4 Å². The molecule has 0 aromatic carbocycles. The Bertz CT molecular complexity index is 259. The first-order valence-electron chi connectivity index (χ1n) is 2.45. The van der Waals surface area contributed by atoms with Gasteiger partial charge in [0.05, 0.1) is 5.75 Å². The summed E-state index contributed by atoms with van der Waals surface area (Å²) in [6.45, 7) is 0. The van der Waals surface area contributed by atoms with E-state index in [-0.39, 0.29) is 11.1 Å². The highest BCUT2D eigenvalue weighted by atomic mass is 32.3. The fourth-order valence-corrected chi connectivity index (χ4v) is 0.837. The molecule has 1 saturated heterocycles. The molecule has 0 saturated carbocycles. The van der Waals surface area contributed by atoms with Crippen molar-refractivity contribution in [2.45, 2.75) is 0 Å². The molecule has 0 spiro atoms. The van der Waals surface area contributed by atoms with Crippen LogP contribution in [-0.4, -0.2) is 34.4 Å². The molecule has 0 aromatic rings. The van der Waals surface area contributed by atoms with Crippen molar-refractivity contribution in [3.05, 3.63) is 0 Å². The topological polar surface area (TPSA) is 121 Å². The molecule has 9 heteroatoms. The summed E-state index contributed by atoms with van der Waals surface area (Å²) >= 11 is 1.01. The normalized spacial score (nSPS) is 16.5. The second-order valence-corrected chi connectivity index (χ2v) is 3.42. The van der Waals surface area contributed by atoms with Gasteiger partial charge in [-0.3, -0.25) is 24.0 Å². The summed E-state index contributed by atoms with van der Waals surface area (Å²) < 4.78 is 31.6. The first kappa shape index (κ1) is 11.4. The quantitative estimate of drug-likeness (QED) is 0.457. The molecular weight excluding hydrogens is 210 g/mol. The lowest BCUT2D eigenvalue weighted by atomic mass is 10.7. The molecule has 0 atom stereocenters. The number of hydrogen-bond donors (Lipinski definition) is 3. The van der Waals surface area contributed by atoms with Crippen molar-refractivity contribution in [2.75, 3.05) is 5.75 Å². The van der Waals surface area contributed by atoms with Crippen molar-refractivity contribution in [3.63, 3.8) is 0 Å². The lowest BCUT2D eigenvalue weighted by molar-refractivity contribution is -0.117. The van der Waals surface area contributed by atoms with Crippen molar-refractivity contribution < 1.29 is 27.1 Å². The third-order valence-corrected chi connectivity index (χ3v) is 1.35. The summed E-state index contributed by atoms with van der Waals surface area (Å²) in [5, 5.41) is 1.87. The van der Waals surface area contributed by atoms with Gasteiger partial charge in [-0.25, -0.2) is 0 Å². The Morgan fingerprint density at radius 2 is 1.75 bits per heavy atom. The van der Waals surface area contributed by atoms with Gasteiger partial charge in [0.25, 0.3) is 5.24 Å². The van der Waals surface area contributed by atoms with Crippen LogP contribution in [0.2, 0.25) is 0 Å². The number of hydrogen-bond acceptors (Lipinski definition) is 5. The maximum absolute atomic E-state index is 10.1. The largest absolute Gasteiger partial charge is 0.394 e. The molecular formula is C3H5NO6S2. The predicted molar refractivity (Wildman–Crippen MR) is 40.2 cm³/mol. The summed E-state index contributed by atoms with van der Waals surface area (Å²) in [4.78, 5) is 20.2. The molecule has 1 rings (SSSR count). The number of amides is 2. The highest BCUT2D eigenvalue weighted by Crippen LogP contribution is 2.06. The summed E-state index contributed by atoms with van der Waals surface area (Å²) in [5.74, 6) is 0.105. The van der Waals surface area contributed by atoms with Gasteiger partial charge in [0.2, 0.25) is 5.91 Å². The molecule has 0 aromatic heterocycles. The summed E-state index contributed by atoms with van der Waals surface area (Å²) in [6.07, 6.45) is 0. The van der Waals surface area contributed by atoms with E-state index in [2.05, 4.69) is 5.32 Å². The van der Waals surface area contributed by atoms with E-state index in [1.54, 1.807) is 0 Å². The fourth-order valence-electron chi connectivity index (χ4n) is 0.317. The second kappa shape index (κ2) is 4.40. The van der Waals surface area contributed by atoms with E-state index in [0.29, 0.717) is 5.75 Å². The molecule has 1 heterocycles. The highest BCUT2D eigenvalue weighted by molar-refractivity contribution is 8.14. The van der Waals surface area contributed by atoms with Gasteiger partial charge >= 0.3 is 10.4 Å². The van der Waals surface area contributed by atoms with Crippen LogP contribution in [0.4, 0.5) is 4.79 Å². The maximum Gasteiger partial charge on any atom is 0.394 e. The van der Waals surface area contributed by atoms with Crippen molar-refractivity contribution in [3.8, 4) is 0 Å². The zero-order valence-electron chi connectivity index (χ0n) is 5.55. The third kappa shape index (κ3) is 9.36. The van der Waals surface area contributed by atoms with E-state index in [1.807, 2.05) is 0 Å². The molecule has 2 amide bonds. The average molecular weight is 215 g/mol. The van der Waals surface area contributed by atoms with Crippen molar-refractivity contribution in [1.82, 2.24) is 5.32 Å². The average Bonchev–Trinajstić information content (AvgIpc) is 2.09. The monoisotopic (exact) mass is 215 g/mol. The van der Waals surface area contributed by atoms with E-state index in [1.165, 1.54) is 0 Å². The van der Waals surface area contributed by atoms with E-state index in [4.69, 9.17) is 17.5 Å². The first-order chi connectivity index (χ1) is 5.29. The van der Waals surface area contributed by atoms with Crippen molar-refractivity contribution in [1.29, 1.82) is 0 Å². The van der Waals surface area contributed by atoms with Gasteiger partial charge < -0.3 is 0 Å². The Balaban J connectivity index is 0.000000217. The lowest BCUT2D eigenvalue weighted by Crippen LogP contribution is -2.18. The molecule has 70 valence electrons. The van der Waals surface area contributed by atoms with Crippen LogP contribution in [0.25, 0.3) is 0 Å². The Hall–Kier alpha value is -0.640. The fraction of sp³-hybridized carbons (Fsp3) is 0.333. The number of rotatable bonds is 0. The molecule has 0 aliphatic carbocycles. The Labute approximate surface area is 72.1 Å². The minimum atomic E-state index is -4.67. The molecule has 3 N–H and O–H groups in total. The van der Waals surface area contributed by atoms with Crippen LogP contribution in [0.5, 0.6) is 0 Å². The smallest absolute Gasteiger partial charge is 0.286 e. The Morgan fingerprint density at radius 1 is 1.33 bits per heavy atom. The zero-order valence-corrected chi connectivity index (χ0v) is 7.18. The molecule has 7 nitrogen and oxygen atoms in total. The number of carbonyl (C=O) groups is 2. The van der Waals surface area contributed by atoms with Crippen LogP contribution in [0.3, 0.4) is 0 Å². The van der Waals surface area contributed by atoms with Crippen LogP contribution in [-0.2, 0) is 15.2 Å². The van der Waals surface area contributed by atoms with Gasteiger partial charge in [-0.2, -0.15) is 8.42 Å². The summed E-state index contributed by atoms with van der Waals surface area (Å²) in [5.41, 5.74) is 0. The predicted octanol–water partition coefficient (Wildman–Crippen LogP) is -0.683. The van der Waals surface area contributed by atoms with Gasteiger partial charge in [0, 0.05) is 0 Å². The Kier molecular flexibility index (Phi) is 4.17. The van der Waals surface area contributed by atoms with Crippen LogP contribution in [0.15, 0.2) is 0 Å². The molecule has 0 unspecified atom stereocenters. The van der Waals surface area contributed by atoms with Gasteiger partial charge in [-0.05, 0) is 0 Å². The van der Waals surface area contributed by atoms with Gasteiger partial charge in [0.1, 0.15) is 0 Å². The van der Waals surface area contributed by atoms with Crippen LogP contribution in [0, 0.1) is 0 Å². The minimum absolute atomic E-state index is 0.185. The number of carbonyl (C=O) groups excluding carboxylic acids is 2. The highest BCUT2D eigenvalue weighted by Gasteiger charge is 2.16. The molecule has 0 radical (unpaired) electrons. The van der Waals surface area contributed by atoms with Crippen LogP contribution in [0.1, 0.15) is 0 Å². The van der Waals surface area contributed by atoms with Gasteiger partial charge in [0.15, 0.2) is 0 Å². The van der Waals surface area contributed by atoms with Gasteiger partial charge in [-0.15, -0.1) is 0 Å². The molecule has 12 heavy (non-hydrogen) atoms. The number of nitrogens with one attached hydrogen (secondary N) is 1. The zero-order chi connectivity index (χ0) is 9.78. The van der Waals surface area contributed by atoms with E-state index >= 15 is 0 Å². The molecule has 0 bridgehead atoms. The van der Waals surface area contributed by atoms with Crippen molar-refractivity contribution >= 4 is 33.3 Å². The van der Waals surface area contributed by atoms with Crippen LogP contribution >= 0.6 is 11.8 Å². The summed E-state index contributed by atoms with van der Waals surface area (Å²) in [6, 6.07) is 0. The molecule has 1 fully saturated rings. The minimum Gasteiger partial charge on any atom is -0.286 e. The summed E-state index contributed by atoms with van der Waals surface area (Å²) in [7, 11) is -4.67. The SMILES string of the molecule is O=C1CSC(=O)N1.O=S(=O)(O)O. The van der Waals surface area contributed by atoms with E-state index in [0.717, 1.165) is 11.8 Å². The molecule has 1 aliphatic rings. The third-order valence-electron chi connectivity index (χ3n) is 0.576. The van der Waals surface area contributed by atoms with Crippen LogP contribution < -0.4 is 5.32 Å². The van der Waals surface area contributed by atoms with Gasteiger partial charge in [-0.1, -0.05) is 11.8 Å². The lowest BCUT2D eigenvalue weighted by Gasteiger charge is -1.77. The second-order valence-electron chi connectivity index (χ2n) is 1.57. The standard InChI is InChI=1S/C3H3NO2S.H2O4S/c5-2-1-7-3(6)4-2;1-5(2,3)4/h1H2,(H,4,5,6);(H2,1,2,3,4). The Morgan fingerprint density at radius 3 is 1.83 bits per heavy atom. The number of thioether (sulfide) groups is 1. The maximum atomic E-state index is 10.1. The number of imide groups is 1.